The summed E-state index contributed by atoms with van der Waals surface area (Å²) in [6, 6.07) is 7.99. The van der Waals surface area contributed by atoms with E-state index in [1.807, 2.05) is 23.9 Å². The van der Waals surface area contributed by atoms with Crippen LogP contribution in [-0.4, -0.2) is 64.4 Å². The molecule has 2 unspecified atom stereocenters. The molecule has 3 aliphatic rings. The minimum absolute atomic E-state index is 0.431. The summed E-state index contributed by atoms with van der Waals surface area (Å²) in [6.45, 7) is 4.83. The van der Waals surface area contributed by atoms with Crippen LogP contribution in [0.15, 0.2) is 40.1 Å². The standard InChI is InChI=1S/C22H27ClN6OS2/c23-15-1-3-16(4-2-15)28-8-10-29(11-9-28)22-26-19-7-12-32(30)20(19)21(27-22)25-14-18-6-5-17(13-24)31-18/h1-5,18H,6-14,24H2,(H,25,26,27). The summed E-state index contributed by atoms with van der Waals surface area (Å²) in [4.78, 5) is 16.3. The number of halogens is 1. The second kappa shape index (κ2) is 9.59. The fourth-order valence-electron chi connectivity index (χ4n) is 4.30. The van der Waals surface area contributed by atoms with Gasteiger partial charge in [0.15, 0.2) is 0 Å². The average molecular weight is 491 g/mol. The van der Waals surface area contributed by atoms with Crippen LogP contribution in [-0.2, 0) is 17.2 Å². The van der Waals surface area contributed by atoms with Gasteiger partial charge in [-0.25, -0.2) is 4.98 Å². The highest BCUT2D eigenvalue weighted by molar-refractivity contribution is 8.04. The number of anilines is 3. The summed E-state index contributed by atoms with van der Waals surface area (Å²) < 4.78 is 12.6. The van der Waals surface area contributed by atoms with E-state index < -0.39 is 10.8 Å². The molecule has 1 fully saturated rings. The van der Waals surface area contributed by atoms with E-state index in [9.17, 15) is 4.21 Å². The smallest absolute Gasteiger partial charge is 0.227 e. The zero-order chi connectivity index (χ0) is 22.1. The number of allylic oxidation sites excluding steroid dienone is 1. The van der Waals surface area contributed by atoms with Gasteiger partial charge in [0.2, 0.25) is 5.95 Å². The van der Waals surface area contributed by atoms with Crippen molar-refractivity contribution in [3.05, 3.63) is 46.0 Å². The van der Waals surface area contributed by atoms with Gasteiger partial charge in [-0.15, -0.1) is 11.8 Å². The van der Waals surface area contributed by atoms with Crippen LogP contribution >= 0.6 is 23.4 Å². The molecule has 1 aromatic heterocycles. The van der Waals surface area contributed by atoms with E-state index in [0.717, 1.165) is 72.9 Å². The van der Waals surface area contributed by atoms with Gasteiger partial charge >= 0.3 is 0 Å². The molecule has 5 rings (SSSR count). The molecule has 2 atom stereocenters. The van der Waals surface area contributed by atoms with Crippen LogP contribution in [0.2, 0.25) is 5.02 Å². The topological polar surface area (TPSA) is 87.4 Å². The van der Waals surface area contributed by atoms with Gasteiger partial charge in [0.25, 0.3) is 0 Å². The van der Waals surface area contributed by atoms with Crippen molar-refractivity contribution in [3.8, 4) is 0 Å². The summed E-state index contributed by atoms with van der Waals surface area (Å²) in [5, 5.41) is 4.68. The molecule has 1 aromatic carbocycles. The number of thioether (sulfide) groups is 1. The predicted molar refractivity (Wildman–Crippen MR) is 135 cm³/mol. The van der Waals surface area contributed by atoms with Gasteiger partial charge in [0, 0.05) is 67.4 Å². The van der Waals surface area contributed by atoms with Crippen molar-refractivity contribution in [2.45, 2.75) is 23.0 Å². The van der Waals surface area contributed by atoms with Gasteiger partial charge < -0.3 is 20.9 Å². The summed E-state index contributed by atoms with van der Waals surface area (Å²) in [5.41, 5.74) is 7.87. The van der Waals surface area contributed by atoms with Gasteiger partial charge in [0.05, 0.1) is 16.5 Å². The Kier molecular flexibility index (Phi) is 6.59. The second-order valence-electron chi connectivity index (χ2n) is 8.13. The molecule has 0 radical (unpaired) electrons. The summed E-state index contributed by atoms with van der Waals surface area (Å²) in [6.07, 6.45) is 3.96. The van der Waals surface area contributed by atoms with E-state index in [-0.39, 0.29) is 0 Å². The Bertz CT molecular complexity index is 1040. The van der Waals surface area contributed by atoms with Gasteiger partial charge in [-0.05, 0) is 35.6 Å². The molecule has 0 bridgehead atoms. The fraction of sp³-hybridized carbons (Fsp3) is 0.455. The molecular weight excluding hydrogens is 464 g/mol. The first-order valence-corrected chi connectivity index (χ1v) is 13.5. The minimum atomic E-state index is -1.03. The van der Waals surface area contributed by atoms with E-state index >= 15 is 0 Å². The maximum Gasteiger partial charge on any atom is 0.227 e. The Morgan fingerprint density at radius 2 is 1.91 bits per heavy atom. The van der Waals surface area contributed by atoms with Crippen LogP contribution < -0.4 is 20.9 Å². The second-order valence-corrected chi connectivity index (χ2v) is 11.5. The highest BCUT2D eigenvalue weighted by Crippen LogP contribution is 2.34. The lowest BCUT2D eigenvalue weighted by Gasteiger charge is -2.36. The van der Waals surface area contributed by atoms with E-state index in [1.165, 1.54) is 10.6 Å². The monoisotopic (exact) mass is 490 g/mol. The molecule has 32 heavy (non-hydrogen) atoms. The van der Waals surface area contributed by atoms with Crippen LogP contribution in [0.4, 0.5) is 17.5 Å². The lowest BCUT2D eigenvalue weighted by molar-refractivity contribution is 0.637. The number of nitrogens with zero attached hydrogens (tertiary/aromatic N) is 4. The maximum atomic E-state index is 12.6. The van der Waals surface area contributed by atoms with Crippen molar-refractivity contribution < 1.29 is 4.21 Å². The number of fused-ring (bicyclic) bond motifs is 1. The Balaban J connectivity index is 1.29. The highest BCUT2D eigenvalue weighted by Gasteiger charge is 2.29. The van der Waals surface area contributed by atoms with Crippen molar-refractivity contribution in [1.82, 2.24) is 9.97 Å². The van der Waals surface area contributed by atoms with E-state index in [4.69, 9.17) is 27.3 Å². The quantitative estimate of drug-likeness (QED) is 0.639. The first-order chi connectivity index (χ1) is 15.6. The van der Waals surface area contributed by atoms with Gasteiger partial charge in [-0.1, -0.05) is 17.7 Å². The molecule has 1 saturated heterocycles. The zero-order valence-corrected chi connectivity index (χ0v) is 20.2. The first kappa shape index (κ1) is 22.0. The number of aromatic nitrogens is 2. The number of hydrogen-bond donors (Lipinski definition) is 2. The Morgan fingerprint density at radius 1 is 1.16 bits per heavy atom. The molecule has 170 valence electrons. The lowest BCUT2D eigenvalue weighted by atomic mass is 10.2. The normalized spacial score (nSPS) is 22.8. The van der Waals surface area contributed by atoms with Crippen LogP contribution in [0, 0.1) is 0 Å². The van der Waals surface area contributed by atoms with Crippen molar-refractivity contribution in [2.24, 2.45) is 5.73 Å². The van der Waals surface area contributed by atoms with Crippen molar-refractivity contribution in [1.29, 1.82) is 0 Å². The summed E-state index contributed by atoms with van der Waals surface area (Å²) in [5.74, 6) is 2.10. The number of hydrogen-bond acceptors (Lipinski definition) is 8. The zero-order valence-electron chi connectivity index (χ0n) is 17.8. The number of aryl methyl sites for hydroxylation is 1. The first-order valence-electron chi connectivity index (χ1n) is 10.9. The predicted octanol–water partition coefficient (Wildman–Crippen LogP) is 2.88. The third-order valence-corrected chi connectivity index (χ3v) is 9.09. The molecule has 0 spiro atoms. The number of benzene rings is 1. The molecule has 7 nitrogen and oxygen atoms in total. The number of nitrogens with two attached hydrogens (primary N) is 1. The van der Waals surface area contributed by atoms with Crippen molar-refractivity contribution in [2.75, 3.05) is 60.1 Å². The molecule has 2 aromatic rings. The van der Waals surface area contributed by atoms with Crippen LogP contribution in [0.5, 0.6) is 0 Å². The molecule has 10 heteroatoms. The highest BCUT2D eigenvalue weighted by atomic mass is 35.5. The Hall–Kier alpha value is -1.81. The Morgan fingerprint density at radius 3 is 2.62 bits per heavy atom. The summed E-state index contributed by atoms with van der Waals surface area (Å²) >= 11 is 7.85. The SMILES string of the molecule is NCC1=CCC(CNc2nc(N3CCN(c4ccc(Cl)cc4)CC3)nc3c2S(=O)CC3)S1. The van der Waals surface area contributed by atoms with Crippen LogP contribution in [0.25, 0.3) is 0 Å². The van der Waals surface area contributed by atoms with E-state index in [1.54, 1.807) is 0 Å². The number of nitrogens with one attached hydrogen (secondary N) is 1. The molecule has 3 N–H and O–H groups in total. The third-order valence-electron chi connectivity index (χ3n) is 6.05. The molecule has 3 aliphatic heterocycles. The van der Waals surface area contributed by atoms with E-state index in [2.05, 4.69) is 33.3 Å². The molecule has 0 aliphatic carbocycles. The molecule has 4 heterocycles. The van der Waals surface area contributed by atoms with Crippen molar-refractivity contribution in [3.63, 3.8) is 0 Å². The largest absolute Gasteiger partial charge is 0.368 e. The van der Waals surface area contributed by atoms with Gasteiger partial charge in [-0.3, -0.25) is 4.21 Å². The maximum absolute atomic E-state index is 12.6. The fourth-order valence-corrected chi connectivity index (χ4v) is 6.83. The van der Waals surface area contributed by atoms with Crippen molar-refractivity contribution >= 4 is 51.6 Å². The number of rotatable bonds is 6. The van der Waals surface area contributed by atoms with Gasteiger partial charge in [-0.2, -0.15) is 4.98 Å². The number of piperazine rings is 1. The third kappa shape index (κ3) is 4.62. The summed E-state index contributed by atoms with van der Waals surface area (Å²) in [7, 11) is -1.03. The van der Waals surface area contributed by atoms with Crippen LogP contribution in [0.3, 0.4) is 0 Å². The van der Waals surface area contributed by atoms with E-state index in [0.29, 0.717) is 17.5 Å². The Labute approximate surface area is 200 Å². The van der Waals surface area contributed by atoms with Gasteiger partial charge in [0.1, 0.15) is 10.7 Å². The molecular formula is C22H27ClN6OS2. The van der Waals surface area contributed by atoms with Crippen LogP contribution in [0.1, 0.15) is 12.1 Å². The lowest BCUT2D eigenvalue weighted by Crippen LogP contribution is -2.47. The minimum Gasteiger partial charge on any atom is -0.368 e. The molecule has 0 saturated carbocycles. The average Bonchev–Trinajstić information content (AvgIpc) is 3.44. The molecule has 0 amide bonds.